The number of carbonyl (C=O) groups is 1. The Labute approximate surface area is 79.5 Å². The van der Waals surface area contributed by atoms with Gasteiger partial charge in [-0.3, -0.25) is 4.79 Å². The molecule has 0 rings (SSSR count). The summed E-state index contributed by atoms with van der Waals surface area (Å²) in [5.41, 5.74) is 0.0558. The highest BCUT2D eigenvalue weighted by molar-refractivity contribution is 5.92. The second kappa shape index (κ2) is 4.88. The van der Waals surface area contributed by atoms with Gasteiger partial charge in [0.2, 0.25) is 0 Å². The van der Waals surface area contributed by atoms with E-state index in [1.807, 2.05) is 26.7 Å². The molecule has 1 atom stereocenters. The summed E-state index contributed by atoms with van der Waals surface area (Å²) in [6, 6.07) is 0. The lowest BCUT2D eigenvalue weighted by molar-refractivity contribution is -0.116. The molecule has 0 fully saturated rings. The lowest BCUT2D eigenvalue weighted by Gasteiger charge is -2.22. The highest BCUT2D eigenvalue weighted by Gasteiger charge is 2.16. The molecule has 0 bridgehead atoms. The van der Waals surface area contributed by atoms with Crippen molar-refractivity contribution in [1.82, 2.24) is 5.32 Å². The van der Waals surface area contributed by atoms with Crippen molar-refractivity contribution in [2.24, 2.45) is 5.41 Å². The molecule has 0 saturated heterocycles. The van der Waals surface area contributed by atoms with Gasteiger partial charge in [-0.2, -0.15) is 0 Å². The number of amides is 1. The molecule has 0 aromatic carbocycles. The molecule has 0 saturated carbocycles. The van der Waals surface area contributed by atoms with Crippen molar-refractivity contribution >= 4 is 5.91 Å². The maximum atomic E-state index is 10.6. The van der Waals surface area contributed by atoms with Crippen molar-refractivity contribution < 1.29 is 9.90 Å². The quantitative estimate of drug-likeness (QED) is 0.627. The maximum absolute atomic E-state index is 10.6. The maximum Gasteiger partial charge on any atom is 0.295 e. The molecule has 0 aromatic heterocycles. The van der Waals surface area contributed by atoms with Crippen LogP contribution in [-0.2, 0) is 4.79 Å². The molecule has 0 aliphatic carbocycles. The first-order valence-corrected chi connectivity index (χ1v) is 4.27. The van der Waals surface area contributed by atoms with Crippen molar-refractivity contribution in [3.05, 3.63) is 0 Å². The molecule has 1 amide bonds. The molecule has 74 valence electrons. The second-order valence-electron chi connectivity index (χ2n) is 4.27. The first kappa shape index (κ1) is 12.0. The molecule has 0 aliphatic rings. The van der Waals surface area contributed by atoms with E-state index in [0.29, 0.717) is 6.42 Å². The largest absolute Gasteiger partial charge is 0.391 e. The van der Waals surface area contributed by atoms with E-state index in [-0.39, 0.29) is 12.0 Å². The normalized spacial score (nSPS) is 13.2. The first-order valence-electron chi connectivity index (χ1n) is 4.27. The summed E-state index contributed by atoms with van der Waals surface area (Å²) in [6.45, 7) is 6.30. The number of aliphatic hydroxyl groups excluding tert-OH is 1. The summed E-state index contributed by atoms with van der Waals surface area (Å²) in [6.07, 6.45) is 4.95. The molecule has 0 spiro atoms. The zero-order valence-corrected chi connectivity index (χ0v) is 8.42. The lowest BCUT2D eigenvalue weighted by Crippen LogP contribution is -2.33. The van der Waals surface area contributed by atoms with Crippen LogP contribution in [0.5, 0.6) is 0 Å². The van der Waals surface area contributed by atoms with Crippen LogP contribution in [0.4, 0.5) is 0 Å². The predicted molar refractivity (Wildman–Crippen MR) is 51.9 cm³/mol. The highest BCUT2D eigenvalue weighted by Crippen LogP contribution is 2.20. The fourth-order valence-electron chi connectivity index (χ4n) is 1.04. The average molecular weight is 183 g/mol. The van der Waals surface area contributed by atoms with Crippen LogP contribution >= 0.6 is 0 Å². The minimum atomic E-state index is -0.530. The minimum absolute atomic E-state index is 0.0558. The topological polar surface area (TPSA) is 49.3 Å². The number of aliphatic hydroxyl groups is 1. The van der Waals surface area contributed by atoms with Crippen LogP contribution in [0.3, 0.4) is 0 Å². The molecule has 0 radical (unpaired) electrons. The van der Waals surface area contributed by atoms with Gasteiger partial charge < -0.3 is 10.4 Å². The van der Waals surface area contributed by atoms with E-state index < -0.39 is 12.0 Å². The Morgan fingerprint density at radius 2 is 2.15 bits per heavy atom. The van der Waals surface area contributed by atoms with E-state index in [2.05, 4.69) is 5.32 Å². The number of nitrogens with one attached hydrogen (secondary N) is 1. The van der Waals surface area contributed by atoms with Crippen molar-refractivity contribution in [1.29, 1.82) is 0 Å². The summed E-state index contributed by atoms with van der Waals surface area (Å²) in [5.74, 6) is 1.44. The summed E-state index contributed by atoms with van der Waals surface area (Å²) >= 11 is 0. The number of carbonyl (C=O) groups excluding carboxylic acids is 1. The van der Waals surface area contributed by atoms with Gasteiger partial charge in [-0.25, -0.2) is 0 Å². The predicted octanol–water partition coefficient (Wildman–Crippen LogP) is 0.533. The minimum Gasteiger partial charge on any atom is -0.391 e. The van der Waals surface area contributed by atoms with Gasteiger partial charge in [-0.1, -0.05) is 20.8 Å². The molecule has 2 N–H and O–H groups in total. The van der Waals surface area contributed by atoms with E-state index in [9.17, 15) is 9.90 Å². The smallest absolute Gasteiger partial charge is 0.295 e. The van der Waals surface area contributed by atoms with Crippen LogP contribution in [-0.4, -0.2) is 23.7 Å². The zero-order chi connectivity index (χ0) is 10.5. The van der Waals surface area contributed by atoms with Gasteiger partial charge in [-0.15, -0.1) is 6.42 Å². The Balaban J connectivity index is 3.71. The average Bonchev–Trinajstić information content (AvgIpc) is 1.97. The van der Waals surface area contributed by atoms with Gasteiger partial charge >= 0.3 is 0 Å². The molecule has 0 heterocycles. The fraction of sp³-hybridized carbons (Fsp3) is 0.700. The molecule has 0 aliphatic heterocycles. The Hall–Kier alpha value is -1.01. The Bertz CT molecular complexity index is 210. The van der Waals surface area contributed by atoms with E-state index in [0.717, 1.165) is 0 Å². The second-order valence-corrected chi connectivity index (χ2v) is 4.27. The molecule has 3 nitrogen and oxygen atoms in total. The SMILES string of the molecule is C#CC(=O)NCC(O)CC(C)(C)C. The molecule has 3 heteroatoms. The molecular formula is C10H17NO2. The van der Waals surface area contributed by atoms with Gasteiger partial charge in [-0.05, 0) is 17.8 Å². The number of hydrogen-bond acceptors (Lipinski definition) is 2. The standard InChI is InChI=1S/C10H17NO2/c1-5-9(13)11-7-8(12)6-10(2,3)4/h1,8,12H,6-7H2,2-4H3,(H,11,13). The van der Waals surface area contributed by atoms with Crippen molar-refractivity contribution in [2.45, 2.75) is 33.3 Å². The van der Waals surface area contributed by atoms with Gasteiger partial charge in [0.1, 0.15) is 0 Å². The van der Waals surface area contributed by atoms with Crippen LogP contribution in [0.15, 0.2) is 0 Å². The van der Waals surface area contributed by atoms with E-state index in [4.69, 9.17) is 6.42 Å². The number of hydrogen-bond donors (Lipinski definition) is 2. The molecule has 0 aromatic rings. The van der Waals surface area contributed by atoms with E-state index >= 15 is 0 Å². The third kappa shape index (κ3) is 7.35. The monoisotopic (exact) mass is 183 g/mol. The third-order valence-electron chi connectivity index (χ3n) is 1.48. The zero-order valence-electron chi connectivity index (χ0n) is 8.42. The summed E-state index contributed by atoms with van der Waals surface area (Å²) in [7, 11) is 0. The molecule has 1 unspecified atom stereocenters. The van der Waals surface area contributed by atoms with E-state index in [1.54, 1.807) is 0 Å². The van der Waals surface area contributed by atoms with Gasteiger partial charge in [0.15, 0.2) is 0 Å². The van der Waals surface area contributed by atoms with Crippen molar-refractivity contribution in [2.75, 3.05) is 6.54 Å². The van der Waals surface area contributed by atoms with Gasteiger partial charge in [0.25, 0.3) is 5.91 Å². The number of rotatable bonds is 3. The van der Waals surface area contributed by atoms with Crippen LogP contribution in [0.1, 0.15) is 27.2 Å². The lowest BCUT2D eigenvalue weighted by atomic mass is 9.89. The Morgan fingerprint density at radius 1 is 1.62 bits per heavy atom. The third-order valence-corrected chi connectivity index (χ3v) is 1.48. The highest BCUT2D eigenvalue weighted by atomic mass is 16.3. The summed E-state index contributed by atoms with van der Waals surface area (Å²) < 4.78 is 0. The van der Waals surface area contributed by atoms with Gasteiger partial charge in [0, 0.05) is 6.54 Å². The van der Waals surface area contributed by atoms with Crippen LogP contribution < -0.4 is 5.32 Å². The van der Waals surface area contributed by atoms with E-state index in [1.165, 1.54) is 0 Å². The van der Waals surface area contributed by atoms with Crippen molar-refractivity contribution in [3.8, 4) is 12.3 Å². The van der Waals surface area contributed by atoms with Crippen molar-refractivity contribution in [3.63, 3.8) is 0 Å². The Kier molecular flexibility index (Phi) is 4.50. The number of terminal acetylenes is 1. The van der Waals surface area contributed by atoms with Crippen LogP contribution in [0.2, 0.25) is 0 Å². The fourth-order valence-corrected chi connectivity index (χ4v) is 1.04. The van der Waals surface area contributed by atoms with Crippen LogP contribution in [0.25, 0.3) is 0 Å². The summed E-state index contributed by atoms with van der Waals surface area (Å²) in [5, 5.41) is 11.9. The molecular weight excluding hydrogens is 166 g/mol. The first-order chi connectivity index (χ1) is 5.85. The van der Waals surface area contributed by atoms with Crippen LogP contribution in [0, 0.1) is 17.8 Å². The molecule has 13 heavy (non-hydrogen) atoms. The van der Waals surface area contributed by atoms with Gasteiger partial charge in [0.05, 0.1) is 6.10 Å². The summed E-state index contributed by atoms with van der Waals surface area (Å²) in [4.78, 5) is 10.6. The Morgan fingerprint density at radius 3 is 2.54 bits per heavy atom.